The third-order valence-electron chi connectivity index (χ3n) is 32.7. The van der Waals surface area contributed by atoms with Crippen LogP contribution in [0.2, 0.25) is 0 Å². The molecule has 0 N–H and O–H groups in total. The predicted octanol–water partition coefficient (Wildman–Crippen LogP) is 16.1. The minimum absolute atomic E-state index is 0. The van der Waals surface area contributed by atoms with E-state index in [2.05, 4.69) is 193 Å². The Morgan fingerprint density at radius 3 is 0.536 bits per heavy atom. The van der Waals surface area contributed by atoms with E-state index >= 15 is 0 Å². The standard InChI is InChI=1S/2C45H48BN9.2Tl/c2*1-43(2)28-13-25-16-40(47-22-31(25)34(43)19-28)37-7-10-53(50-37)46(54-11-8-38(51-54)41-17-26-14-29-20-35(44(29,3)4)32(26)23-48-41)55-12-9-39(52-55)42-18-27-15-30-21-36(45(30,5)6)33(27)24-49-42;;/h2*7-12,16-18,22-24,28-30,34-36H,13-15,19-21H2,1-6H3;;/q2*-1;2*+1/t2*28-,29-,30-,34-,35-,36-;;/m00../s1. The van der Waals surface area contributed by atoms with Gasteiger partial charge in [-0.3, -0.25) is 29.9 Å². The van der Waals surface area contributed by atoms with Crippen LogP contribution in [0.25, 0.3) is 68.3 Å². The first-order valence-corrected chi connectivity index (χ1v) is 41.1. The zero-order chi connectivity index (χ0) is 74.3. The van der Waals surface area contributed by atoms with Gasteiger partial charge in [-0.2, -0.15) is 0 Å². The first kappa shape index (κ1) is 71.9. The Balaban J connectivity index is 0.000000139. The maximum absolute atomic E-state index is 5.18. The third-order valence-corrected chi connectivity index (χ3v) is 32.7. The van der Waals surface area contributed by atoms with E-state index in [1.54, 1.807) is 0 Å². The molecule has 2 radical (unpaired) electrons. The smallest absolute Gasteiger partial charge is 0.424 e. The van der Waals surface area contributed by atoms with Gasteiger partial charge in [-0.1, -0.05) is 83.1 Å². The van der Waals surface area contributed by atoms with Crippen LogP contribution < -0.4 is 0 Å². The van der Waals surface area contributed by atoms with Gasteiger partial charge in [0.1, 0.15) is 34.2 Å². The van der Waals surface area contributed by atoms with Crippen molar-refractivity contribution in [2.75, 3.05) is 0 Å². The van der Waals surface area contributed by atoms with Crippen LogP contribution >= 0.6 is 0 Å². The zero-order valence-electron chi connectivity index (χ0n) is 66.6. The van der Waals surface area contributed by atoms with Crippen LogP contribution in [-0.2, 0) is 38.5 Å². The van der Waals surface area contributed by atoms with Gasteiger partial charge in [0.05, 0.1) is 34.2 Å². The molecule has 0 saturated heterocycles. The minimum atomic E-state index is -0.487. The Hall–Kier alpha value is -7.87. The molecule has 0 spiro atoms. The molecule has 0 aromatic carbocycles. The second-order valence-corrected chi connectivity index (χ2v) is 39.5. The molecule has 6 saturated carbocycles. The van der Waals surface area contributed by atoms with Crippen molar-refractivity contribution < 1.29 is 0 Å². The van der Waals surface area contributed by atoms with E-state index < -0.39 is 14.2 Å². The molecule has 22 heteroatoms. The monoisotopic (exact) mass is 1860 g/mol. The fourth-order valence-electron chi connectivity index (χ4n) is 24.1. The van der Waals surface area contributed by atoms with Crippen LogP contribution in [0.15, 0.2) is 147 Å². The van der Waals surface area contributed by atoms with E-state index in [0.717, 1.165) is 142 Å². The van der Waals surface area contributed by atoms with E-state index in [1.807, 2.05) is 64.7 Å². The summed E-state index contributed by atoms with van der Waals surface area (Å²) in [6.45, 7) is 29.0. The van der Waals surface area contributed by atoms with Gasteiger partial charge in [0.2, 0.25) is 0 Å². The van der Waals surface area contributed by atoms with Crippen LogP contribution in [-0.4, -0.2) is 157 Å². The topological polar surface area (TPSA) is 184 Å². The summed E-state index contributed by atoms with van der Waals surface area (Å²) in [6, 6.07) is 26.1. The number of hydrogen-bond acceptors (Lipinski definition) is 12. The molecule has 0 amide bonds. The van der Waals surface area contributed by atoms with Gasteiger partial charge in [0.15, 0.2) is 0 Å². The molecule has 12 aromatic rings. The van der Waals surface area contributed by atoms with Crippen molar-refractivity contribution >= 4 is 68.8 Å². The van der Waals surface area contributed by atoms with Crippen molar-refractivity contribution in [2.24, 2.45) is 68.0 Å². The van der Waals surface area contributed by atoms with Crippen LogP contribution in [0.3, 0.4) is 0 Å². The largest absolute Gasteiger partial charge is 1.00 e. The first-order chi connectivity index (χ1) is 52.9. The number of rotatable bonds is 12. The average Bonchev–Trinajstić information content (AvgIpc) is 1.26. The summed E-state index contributed by atoms with van der Waals surface area (Å²) in [5.41, 5.74) is 29.9. The van der Waals surface area contributed by atoms with Gasteiger partial charge in [-0.15, -0.1) is 0 Å². The van der Waals surface area contributed by atoms with E-state index in [-0.39, 0.29) is 54.6 Å². The number of pyridine rings is 6. The van der Waals surface area contributed by atoms with Crippen molar-refractivity contribution in [3.63, 3.8) is 0 Å². The summed E-state index contributed by atoms with van der Waals surface area (Å²) in [5, 5.41) is 31.1. The SMILES string of the molecule is CC1(C)[C@H]2Cc3cc(-c4ccn([B-](n5ccc(-c6cc7c(cn6)[C@@H]6C[C@H](C7)C6(C)C)n5)n5ccc(-c6cc7c(cn6)[C@@H]6C[C@H](C7)C6(C)C)n5)n4)ncc3[C@@H]1C2.CC1(C)[C@H]2Cc3cc(-c4ccn([B-](n5ccc(-c6cc7c(cn6)[C@@H]6C[C@H](C7)C6(C)C)n5)n5ccc(-c6cc7c(cn6)[C@@H]6C[C@H](C7)C6(C)C)n5)n4)ncc3[C@@H]1C2.[Tl+].[Tl+]. The Kier molecular flexibility index (Phi) is 15.9. The summed E-state index contributed by atoms with van der Waals surface area (Å²) in [6.07, 6.45) is 39.3. The van der Waals surface area contributed by atoms with Crippen LogP contribution in [0, 0.1) is 68.0 Å². The molecule has 12 atom stereocenters. The van der Waals surface area contributed by atoms with Crippen molar-refractivity contribution in [1.29, 1.82) is 0 Å². The summed E-state index contributed by atoms with van der Waals surface area (Å²) >= 11 is 0. The Labute approximate surface area is 697 Å². The number of aromatic nitrogens is 18. The van der Waals surface area contributed by atoms with Gasteiger partial charge in [-0.25, -0.2) is 30.6 Å². The van der Waals surface area contributed by atoms with E-state index in [4.69, 9.17) is 60.5 Å². The molecule has 12 heterocycles. The van der Waals surface area contributed by atoms with Crippen molar-refractivity contribution in [2.45, 2.75) is 196 Å². The average molecular weight is 1860 g/mol. The zero-order valence-corrected chi connectivity index (χ0v) is 75.6. The van der Waals surface area contributed by atoms with Gasteiger partial charge in [-0.05, 0) is 357 Å². The molecule has 558 valence electrons. The Morgan fingerprint density at radius 1 is 0.241 bits per heavy atom. The van der Waals surface area contributed by atoms with Gasteiger partial charge in [0.25, 0.3) is 14.2 Å². The van der Waals surface area contributed by atoms with E-state index in [1.165, 1.54) is 105 Å². The minimum Gasteiger partial charge on any atom is -0.424 e. The van der Waals surface area contributed by atoms with Crippen molar-refractivity contribution in [3.05, 3.63) is 214 Å². The molecular formula is C90H96B2N18Tl2. The Morgan fingerprint density at radius 2 is 0.393 bits per heavy atom. The first-order valence-electron chi connectivity index (χ1n) is 41.1. The summed E-state index contributed by atoms with van der Waals surface area (Å²) < 4.78 is 11.7. The predicted molar refractivity (Wildman–Crippen MR) is 438 cm³/mol. The van der Waals surface area contributed by atoms with Crippen LogP contribution in [0.4, 0.5) is 0 Å². The molecule has 0 aliphatic heterocycles. The Bertz CT molecular complexity index is 4950. The number of hydrogen-bond donors (Lipinski definition) is 0. The van der Waals surface area contributed by atoms with Crippen molar-refractivity contribution in [1.82, 2.24) is 88.1 Å². The molecule has 12 bridgehead atoms. The summed E-state index contributed by atoms with van der Waals surface area (Å²) in [7, 11) is -0.973. The fraction of sp³-hybridized carbons (Fsp3) is 0.467. The molecule has 30 rings (SSSR count). The molecule has 18 nitrogen and oxygen atoms in total. The van der Waals surface area contributed by atoms with Crippen LogP contribution in [0.1, 0.15) is 224 Å². The molecule has 6 fully saturated rings. The summed E-state index contributed by atoms with van der Waals surface area (Å²) in [4.78, 5) is 29.9. The molecule has 112 heavy (non-hydrogen) atoms. The second-order valence-electron chi connectivity index (χ2n) is 39.5. The molecule has 0 unspecified atom stereocenters. The van der Waals surface area contributed by atoms with Crippen LogP contribution in [0.5, 0.6) is 0 Å². The maximum Gasteiger partial charge on any atom is 1.00 e. The van der Waals surface area contributed by atoms with Gasteiger partial charge in [0, 0.05) is 37.2 Å². The fourth-order valence-corrected chi connectivity index (χ4v) is 24.1. The van der Waals surface area contributed by atoms with E-state index in [9.17, 15) is 0 Å². The maximum atomic E-state index is 5.18. The normalized spacial score (nSPS) is 27.5. The summed E-state index contributed by atoms with van der Waals surface area (Å²) in [5.74, 6) is 8.12. The van der Waals surface area contributed by atoms with Gasteiger partial charge >= 0.3 is 54.6 Å². The quantitative estimate of drug-likeness (QED) is 0.106. The molecule has 12 aromatic heterocycles. The molecule has 18 aliphatic rings. The molecular weight excluding hydrogens is 1760 g/mol. The van der Waals surface area contributed by atoms with Crippen molar-refractivity contribution in [3.8, 4) is 68.3 Å². The number of nitrogens with zero attached hydrogens (tertiary/aromatic N) is 18. The third kappa shape index (κ3) is 10.5. The van der Waals surface area contributed by atoms with E-state index in [0.29, 0.717) is 68.0 Å². The second kappa shape index (κ2) is 24.8. The van der Waals surface area contributed by atoms with Gasteiger partial charge < -0.3 is 27.6 Å². The molecule has 18 aliphatic carbocycles.